The number of amides is 1. The second-order valence-electron chi connectivity index (χ2n) is 3.95. The van der Waals surface area contributed by atoms with Gasteiger partial charge in [0.1, 0.15) is 5.75 Å². The summed E-state index contributed by atoms with van der Waals surface area (Å²) >= 11 is 1.08. The van der Waals surface area contributed by atoms with Crippen LogP contribution in [0.3, 0.4) is 0 Å². The summed E-state index contributed by atoms with van der Waals surface area (Å²) < 4.78 is 5.12. The number of benzene rings is 1. The lowest BCUT2D eigenvalue weighted by atomic mass is 10.1. The fourth-order valence-corrected chi connectivity index (χ4v) is 2.05. The van der Waals surface area contributed by atoms with E-state index in [2.05, 4.69) is 5.32 Å². The van der Waals surface area contributed by atoms with Crippen LogP contribution in [-0.4, -0.2) is 35.6 Å². The molecule has 0 aromatic heterocycles. The molecule has 1 atom stereocenters. The summed E-state index contributed by atoms with van der Waals surface area (Å²) in [5.74, 6) is -0.291. The summed E-state index contributed by atoms with van der Waals surface area (Å²) in [5, 5.41) is 11.3. The highest BCUT2D eigenvalue weighted by Crippen LogP contribution is 2.18. The molecule has 19 heavy (non-hydrogen) atoms. The first-order valence-corrected chi connectivity index (χ1v) is 6.91. The quantitative estimate of drug-likeness (QED) is 0.796. The van der Waals surface area contributed by atoms with Crippen LogP contribution >= 0.6 is 11.8 Å². The zero-order valence-electron chi connectivity index (χ0n) is 10.9. The molecule has 1 aromatic carbocycles. The number of aliphatic carboxylic acids is 1. The normalized spacial score (nSPS) is 11.7. The Morgan fingerprint density at radius 2 is 2.16 bits per heavy atom. The van der Waals surface area contributed by atoms with Crippen LogP contribution in [-0.2, 0) is 9.59 Å². The Bertz CT molecular complexity index is 450. The molecule has 0 saturated heterocycles. The molecule has 0 aliphatic carbocycles. The van der Waals surface area contributed by atoms with E-state index < -0.39 is 5.97 Å². The lowest BCUT2D eigenvalue weighted by Crippen LogP contribution is -2.28. The van der Waals surface area contributed by atoms with E-state index in [0.29, 0.717) is 0 Å². The maximum absolute atomic E-state index is 11.6. The molecule has 0 spiro atoms. The molecule has 0 bridgehead atoms. The number of methoxy groups -OCH3 is 1. The van der Waals surface area contributed by atoms with E-state index in [1.165, 1.54) is 0 Å². The van der Waals surface area contributed by atoms with Crippen molar-refractivity contribution in [2.75, 3.05) is 18.6 Å². The van der Waals surface area contributed by atoms with Gasteiger partial charge >= 0.3 is 5.97 Å². The van der Waals surface area contributed by atoms with Crippen LogP contribution in [0.25, 0.3) is 0 Å². The summed E-state index contributed by atoms with van der Waals surface area (Å²) in [5.41, 5.74) is 0.941. The number of hydrogen-bond donors (Lipinski definition) is 2. The second kappa shape index (κ2) is 7.68. The van der Waals surface area contributed by atoms with Gasteiger partial charge in [0.2, 0.25) is 5.91 Å². The minimum atomic E-state index is -0.918. The van der Waals surface area contributed by atoms with Crippen molar-refractivity contribution in [3.8, 4) is 5.75 Å². The topological polar surface area (TPSA) is 75.6 Å². The smallest absolute Gasteiger partial charge is 0.313 e. The summed E-state index contributed by atoms with van der Waals surface area (Å²) in [6.45, 7) is 1.87. The van der Waals surface area contributed by atoms with Crippen LogP contribution in [0.5, 0.6) is 5.75 Å². The van der Waals surface area contributed by atoms with Crippen molar-refractivity contribution in [3.05, 3.63) is 29.8 Å². The van der Waals surface area contributed by atoms with Crippen molar-refractivity contribution in [2.45, 2.75) is 13.0 Å². The summed E-state index contributed by atoms with van der Waals surface area (Å²) in [6, 6.07) is 7.30. The molecular weight excluding hydrogens is 266 g/mol. The van der Waals surface area contributed by atoms with E-state index in [9.17, 15) is 9.59 Å². The highest BCUT2D eigenvalue weighted by molar-refractivity contribution is 8.00. The second-order valence-corrected chi connectivity index (χ2v) is 4.94. The van der Waals surface area contributed by atoms with E-state index in [-0.39, 0.29) is 23.5 Å². The lowest BCUT2D eigenvalue weighted by Gasteiger charge is -2.14. The van der Waals surface area contributed by atoms with E-state index in [1.54, 1.807) is 7.11 Å². The van der Waals surface area contributed by atoms with Gasteiger partial charge < -0.3 is 15.2 Å². The van der Waals surface area contributed by atoms with Crippen molar-refractivity contribution in [3.63, 3.8) is 0 Å². The van der Waals surface area contributed by atoms with Gasteiger partial charge in [-0.2, -0.15) is 0 Å². The van der Waals surface area contributed by atoms with Gasteiger partial charge in [-0.1, -0.05) is 12.1 Å². The molecule has 0 heterocycles. The Morgan fingerprint density at radius 1 is 1.42 bits per heavy atom. The first kappa shape index (κ1) is 15.4. The monoisotopic (exact) mass is 283 g/mol. The molecule has 0 fully saturated rings. The molecule has 6 heteroatoms. The molecule has 0 aliphatic heterocycles. The van der Waals surface area contributed by atoms with E-state index in [1.807, 2.05) is 31.2 Å². The predicted octanol–water partition coefficient (Wildman–Crippen LogP) is 1.69. The van der Waals surface area contributed by atoms with E-state index in [0.717, 1.165) is 23.1 Å². The molecule has 1 amide bonds. The highest BCUT2D eigenvalue weighted by atomic mass is 32.2. The number of thioether (sulfide) groups is 1. The first-order valence-electron chi connectivity index (χ1n) is 5.75. The molecule has 1 rings (SSSR count). The number of carbonyl (C=O) groups is 2. The van der Waals surface area contributed by atoms with Crippen molar-refractivity contribution < 1.29 is 19.4 Å². The average molecular weight is 283 g/mol. The maximum atomic E-state index is 11.6. The molecule has 1 aromatic rings. The molecule has 5 nitrogen and oxygen atoms in total. The van der Waals surface area contributed by atoms with Crippen LogP contribution in [0, 0.1) is 0 Å². The highest BCUT2D eigenvalue weighted by Gasteiger charge is 2.10. The summed E-state index contributed by atoms with van der Waals surface area (Å²) in [6.07, 6.45) is 0. The minimum Gasteiger partial charge on any atom is -0.497 e. The largest absolute Gasteiger partial charge is 0.497 e. The number of carboxylic acid groups (broad SMARTS) is 1. The third-order valence-electron chi connectivity index (χ3n) is 2.43. The minimum absolute atomic E-state index is 0.0685. The van der Waals surface area contributed by atoms with Crippen molar-refractivity contribution in [2.24, 2.45) is 0 Å². The van der Waals surface area contributed by atoms with Gasteiger partial charge in [-0.15, -0.1) is 11.8 Å². The zero-order valence-corrected chi connectivity index (χ0v) is 11.7. The number of carboxylic acids is 1. The molecule has 0 radical (unpaired) electrons. The Balaban J connectivity index is 2.46. The Hall–Kier alpha value is -1.69. The van der Waals surface area contributed by atoms with Gasteiger partial charge in [-0.25, -0.2) is 0 Å². The van der Waals surface area contributed by atoms with E-state index in [4.69, 9.17) is 9.84 Å². The number of ether oxygens (including phenoxy) is 1. The molecule has 2 N–H and O–H groups in total. The van der Waals surface area contributed by atoms with Gasteiger partial charge in [0, 0.05) is 0 Å². The summed E-state index contributed by atoms with van der Waals surface area (Å²) in [4.78, 5) is 21.9. The van der Waals surface area contributed by atoms with E-state index >= 15 is 0 Å². The van der Waals surface area contributed by atoms with Crippen LogP contribution < -0.4 is 10.1 Å². The van der Waals surface area contributed by atoms with Crippen molar-refractivity contribution in [1.82, 2.24) is 5.32 Å². The standard InChI is InChI=1S/C13H17NO4S/c1-9(10-4-3-5-11(6-10)18-2)14-12(15)7-19-8-13(16)17/h3-6,9H,7-8H2,1-2H3,(H,14,15)(H,16,17)/t9-/m1/s1. The van der Waals surface area contributed by atoms with Crippen LogP contribution in [0.4, 0.5) is 0 Å². The van der Waals surface area contributed by atoms with Crippen molar-refractivity contribution >= 4 is 23.6 Å². The molecule has 0 saturated carbocycles. The number of hydrogen-bond acceptors (Lipinski definition) is 4. The Morgan fingerprint density at radius 3 is 2.79 bits per heavy atom. The molecular formula is C13H17NO4S. The predicted molar refractivity (Wildman–Crippen MR) is 74.5 cm³/mol. The molecule has 104 valence electrons. The third kappa shape index (κ3) is 5.65. The summed E-state index contributed by atoms with van der Waals surface area (Å²) in [7, 11) is 1.59. The fourth-order valence-electron chi connectivity index (χ4n) is 1.51. The Kier molecular flexibility index (Phi) is 6.21. The van der Waals surface area contributed by atoms with Gasteiger partial charge in [0.25, 0.3) is 0 Å². The first-order chi connectivity index (χ1) is 9.02. The Labute approximate surface area is 116 Å². The molecule has 0 aliphatic rings. The van der Waals surface area contributed by atoms with Gasteiger partial charge in [-0.05, 0) is 24.6 Å². The van der Waals surface area contributed by atoms with Gasteiger partial charge in [0.15, 0.2) is 0 Å². The van der Waals surface area contributed by atoms with Gasteiger partial charge in [0.05, 0.1) is 24.7 Å². The van der Waals surface area contributed by atoms with Crippen molar-refractivity contribution in [1.29, 1.82) is 0 Å². The molecule has 0 unspecified atom stereocenters. The van der Waals surface area contributed by atoms with Crippen LogP contribution in [0.2, 0.25) is 0 Å². The number of rotatable bonds is 7. The van der Waals surface area contributed by atoms with Crippen LogP contribution in [0.15, 0.2) is 24.3 Å². The lowest BCUT2D eigenvalue weighted by molar-refractivity contribution is -0.133. The fraction of sp³-hybridized carbons (Fsp3) is 0.385. The average Bonchev–Trinajstić information content (AvgIpc) is 2.38. The number of carbonyl (C=O) groups excluding carboxylic acids is 1. The number of nitrogens with one attached hydrogen (secondary N) is 1. The third-order valence-corrected chi connectivity index (χ3v) is 3.35. The van der Waals surface area contributed by atoms with Gasteiger partial charge in [-0.3, -0.25) is 9.59 Å². The SMILES string of the molecule is COc1cccc([C@@H](C)NC(=O)CSCC(=O)O)c1. The maximum Gasteiger partial charge on any atom is 0.313 e. The van der Waals surface area contributed by atoms with Crippen LogP contribution in [0.1, 0.15) is 18.5 Å². The zero-order chi connectivity index (χ0) is 14.3.